The van der Waals surface area contributed by atoms with Gasteiger partial charge in [-0.1, -0.05) is 12.1 Å². The Morgan fingerprint density at radius 2 is 1.88 bits per heavy atom. The van der Waals surface area contributed by atoms with Crippen LogP contribution in [0.3, 0.4) is 0 Å². The number of nitrogens with zero attached hydrogens (tertiary/aromatic N) is 5. The van der Waals surface area contributed by atoms with Crippen molar-refractivity contribution in [1.29, 1.82) is 5.26 Å². The van der Waals surface area contributed by atoms with Crippen molar-refractivity contribution in [3.8, 4) is 23.0 Å². The van der Waals surface area contributed by atoms with E-state index in [9.17, 15) is 9.59 Å². The Balaban J connectivity index is 1.32. The van der Waals surface area contributed by atoms with Crippen LogP contribution >= 0.6 is 0 Å². The van der Waals surface area contributed by atoms with Crippen molar-refractivity contribution in [3.63, 3.8) is 0 Å². The first kappa shape index (κ1) is 21.2. The lowest BCUT2D eigenvalue weighted by atomic mass is 10.1. The predicted molar refractivity (Wildman–Crippen MR) is 124 cm³/mol. The zero-order valence-electron chi connectivity index (χ0n) is 18.4. The van der Waals surface area contributed by atoms with E-state index in [0.717, 1.165) is 44.6 Å². The number of likely N-dealkylation sites (tertiary alicyclic amines) is 2. The van der Waals surface area contributed by atoms with Gasteiger partial charge in [-0.05, 0) is 68.6 Å². The summed E-state index contributed by atoms with van der Waals surface area (Å²) in [4.78, 5) is 34.9. The lowest BCUT2D eigenvalue weighted by Gasteiger charge is -2.28. The first-order chi connectivity index (χ1) is 16.1. The molecule has 0 aliphatic carbocycles. The smallest absolute Gasteiger partial charge is 0.280 e. The van der Waals surface area contributed by atoms with E-state index in [1.807, 2.05) is 4.90 Å². The minimum Gasteiger partial charge on any atom is -0.334 e. The first-order valence-electron chi connectivity index (χ1n) is 11.4. The summed E-state index contributed by atoms with van der Waals surface area (Å²) >= 11 is 0. The lowest BCUT2D eigenvalue weighted by molar-refractivity contribution is 0.0708. The summed E-state index contributed by atoms with van der Waals surface area (Å²) in [5, 5.41) is 11.9. The van der Waals surface area contributed by atoms with Crippen molar-refractivity contribution < 1.29 is 4.79 Å². The highest BCUT2D eigenvalue weighted by Gasteiger charge is 2.31. The standard InChI is InChI=1S/C25H26N6O2/c26-14-18-5-7-19(8-6-18)22-16-28-31(25(22)33)23-10-9-20(15-27-23)24(32)30-13-3-4-21(30)17-29-11-1-2-12-29/h5-10,15-16,21,28H,1-4,11-13,17H2/t21-/m1/s1. The Morgan fingerprint density at radius 1 is 1.09 bits per heavy atom. The highest BCUT2D eigenvalue weighted by molar-refractivity contribution is 5.94. The molecule has 2 aliphatic heterocycles. The molecule has 2 fully saturated rings. The number of aromatic amines is 1. The van der Waals surface area contributed by atoms with Gasteiger partial charge in [0, 0.05) is 31.5 Å². The third-order valence-corrected chi connectivity index (χ3v) is 6.63. The summed E-state index contributed by atoms with van der Waals surface area (Å²) in [5.74, 6) is 0.430. The van der Waals surface area contributed by atoms with Crippen LogP contribution in [0.15, 0.2) is 53.6 Å². The summed E-state index contributed by atoms with van der Waals surface area (Å²) < 4.78 is 1.35. The van der Waals surface area contributed by atoms with Crippen LogP contribution in [0.1, 0.15) is 41.6 Å². The van der Waals surface area contributed by atoms with Gasteiger partial charge in [-0.3, -0.25) is 14.7 Å². The maximum Gasteiger partial charge on any atom is 0.280 e. The number of amides is 1. The topological polar surface area (TPSA) is 98.0 Å². The number of pyridine rings is 1. The molecule has 0 bridgehead atoms. The molecule has 1 atom stereocenters. The highest BCUT2D eigenvalue weighted by Crippen LogP contribution is 2.23. The number of carbonyl (C=O) groups is 1. The van der Waals surface area contributed by atoms with E-state index in [2.05, 4.69) is 21.1 Å². The van der Waals surface area contributed by atoms with Crippen molar-refractivity contribution >= 4 is 5.91 Å². The van der Waals surface area contributed by atoms with Crippen molar-refractivity contribution in [2.24, 2.45) is 0 Å². The van der Waals surface area contributed by atoms with Crippen LogP contribution in [0.5, 0.6) is 0 Å². The summed E-state index contributed by atoms with van der Waals surface area (Å²) in [6, 6.07) is 12.6. The second-order valence-corrected chi connectivity index (χ2v) is 8.72. The quantitative estimate of drug-likeness (QED) is 0.655. The molecule has 8 heteroatoms. The van der Waals surface area contributed by atoms with Crippen LogP contribution in [0.25, 0.3) is 16.9 Å². The van der Waals surface area contributed by atoms with Gasteiger partial charge in [-0.25, -0.2) is 9.67 Å². The molecule has 2 aliphatic rings. The van der Waals surface area contributed by atoms with Crippen LogP contribution in [-0.4, -0.2) is 62.7 Å². The molecule has 5 rings (SSSR count). The van der Waals surface area contributed by atoms with E-state index in [-0.39, 0.29) is 17.5 Å². The molecule has 8 nitrogen and oxygen atoms in total. The predicted octanol–water partition coefficient (Wildman–Crippen LogP) is 2.80. The summed E-state index contributed by atoms with van der Waals surface area (Å²) in [5.41, 5.74) is 2.05. The summed E-state index contributed by atoms with van der Waals surface area (Å²) in [6.07, 6.45) is 7.75. The number of benzene rings is 1. The number of carbonyl (C=O) groups excluding carboxylic acids is 1. The third kappa shape index (κ3) is 4.20. The molecular formula is C25H26N6O2. The number of aromatic nitrogens is 3. The largest absolute Gasteiger partial charge is 0.334 e. The zero-order valence-corrected chi connectivity index (χ0v) is 18.4. The number of hydrogen-bond donors (Lipinski definition) is 1. The molecule has 4 heterocycles. The van der Waals surface area contributed by atoms with E-state index in [4.69, 9.17) is 5.26 Å². The molecule has 0 unspecified atom stereocenters. The minimum absolute atomic E-state index is 0.00727. The van der Waals surface area contributed by atoms with Gasteiger partial charge in [0.1, 0.15) is 0 Å². The van der Waals surface area contributed by atoms with E-state index >= 15 is 0 Å². The fraction of sp³-hybridized carbons (Fsp3) is 0.360. The third-order valence-electron chi connectivity index (χ3n) is 6.63. The fourth-order valence-corrected chi connectivity index (χ4v) is 4.84. The molecule has 1 amide bonds. The van der Waals surface area contributed by atoms with Crippen LogP contribution in [0.2, 0.25) is 0 Å². The Kier molecular flexibility index (Phi) is 5.80. The molecule has 0 spiro atoms. The molecule has 1 N–H and O–H groups in total. The SMILES string of the molecule is N#Cc1ccc(-c2c[nH]n(-c3ccc(C(=O)N4CCC[C@@H]4CN4CCCC4)cn3)c2=O)cc1. The van der Waals surface area contributed by atoms with Crippen molar-refractivity contribution in [2.75, 3.05) is 26.2 Å². The van der Waals surface area contributed by atoms with Crippen molar-refractivity contribution in [2.45, 2.75) is 31.7 Å². The molecular weight excluding hydrogens is 416 g/mol. The molecule has 3 aromatic rings. The lowest BCUT2D eigenvalue weighted by Crippen LogP contribution is -2.42. The fourth-order valence-electron chi connectivity index (χ4n) is 4.84. The number of hydrogen-bond acceptors (Lipinski definition) is 5. The second-order valence-electron chi connectivity index (χ2n) is 8.72. The number of nitrogens with one attached hydrogen (secondary N) is 1. The van der Waals surface area contributed by atoms with E-state index in [1.165, 1.54) is 17.5 Å². The van der Waals surface area contributed by atoms with Crippen molar-refractivity contribution in [1.82, 2.24) is 24.6 Å². The van der Waals surface area contributed by atoms with Gasteiger partial charge in [0.25, 0.3) is 11.5 Å². The Labute approximate surface area is 192 Å². The molecule has 0 radical (unpaired) electrons. The van der Waals surface area contributed by atoms with Crippen LogP contribution in [0.4, 0.5) is 0 Å². The van der Waals surface area contributed by atoms with Crippen LogP contribution in [-0.2, 0) is 0 Å². The molecule has 2 aromatic heterocycles. The monoisotopic (exact) mass is 442 g/mol. The second kappa shape index (κ2) is 9.04. The maximum absolute atomic E-state index is 13.2. The average molecular weight is 443 g/mol. The Morgan fingerprint density at radius 3 is 2.58 bits per heavy atom. The van der Waals surface area contributed by atoms with Gasteiger partial charge >= 0.3 is 0 Å². The van der Waals surface area contributed by atoms with Gasteiger partial charge in [0.05, 0.1) is 22.8 Å². The van der Waals surface area contributed by atoms with Gasteiger partial charge in [-0.15, -0.1) is 0 Å². The first-order valence-corrected chi connectivity index (χ1v) is 11.4. The molecule has 2 saturated heterocycles. The maximum atomic E-state index is 13.2. The number of rotatable bonds is 5. The van der Waals surface area contributed by atoms with Crippen LogP contribution in [0, 0.1) is 11.3 Å². The Bertz CT molecular complexity index is 1230. The van der Waals surface area contributed by atoms with E-state index in [0.29, 0.717) is 22.5 Å². The number of H-pyrrole nitrogens is 1. The minimum atomic E-state index is -0.239. The zero-order chi connectivity index (χ0) is 22.8. The normalized spacial score (nSPS) is 18.5. The van der Waals surface area contributed by atoms with Gasteiger partial charge in [-0.2, -0.15) is 5.26 Å². The molecule has 0 saturated carbocycles. The van der Waals surface area contributed by atoms with Gasteiger partial charge in [0.2, 0.25) is 0 Å². The van der Waals surface area contributed by atoms with E-state index < -0.39 is 0 Å². The Hall–Kier alpha value is -3.70. The van der Waals surface area contributed by atoms with E-state index in [1.54, 1.807) is 48.8 Å². The molecule has 1 aromatic carbocycles. The molecule has 168 valence electrons. The number of nitriles is 1. The highest BCUT2D eigenvalue weighted by atomic mass is 16.2. The summed E-state index contributed by atoms with van der Waals surface area (Å²) in [6.45, 7) is 3.99. The van der Waals surface area contributed by atoms with Crippen molar-refractivity contribution in [3.05, 3.63) is 70.3 Å². The molecule has 33 heavy (non-hydrogen) atoms. The van der Waals surface area contributed by atoms with Gasteiger partial charge in [0.15, 0.2) is 5.82 Å². The van der Waals surface area contributed by atoms with Gasteiger partial charge < -0.3 is 9.80 Å². The van der Waals surface area contributed by atoms with Crippen LogP contribution < -0.4 is 5.56 Å². The summed E-state index contributed by atoms with van der Waals surface area (Å²) in [7, 11) is 0. The average Bonchev–Trinajstić information content (AvgIpc) is 3.61.